The van der Waals surface area contributed by atoms with Crippen molar-refractivity contribution < 1.29 is 14.6 Å². The van der Waals surface area contributed by atoms with Crippen LogP contribution < -0.4 is 10.5 Å². The zero-order valence-corrected chi connectivity index (χ0v) is 10.4. The summed E-state index contributed by atoms with van der Waals surface area (Å²) in [7, 11) is 0. The Morgan fingerprint density at radius 1 is 1.00 bits per heavy atom. The molecule has 0 radical (unpaired) electrons. The van der Waals surface area contributed by atoms with E-state index in [4.69, 9.17) is 15.6 Å². The molecule has 0 heterocycles. The standard InChI is InChI=1S/C15H15NO3/c16-15(18)13-5-1-12(2-6-13)10-19-14-7-3-11(9-17)4-8-14/h1-8,17H,9-10H2,(H2,16,18). The van der Waals surface area contributed by atoms with Crippen LogP contribution in [-0.2, 0) is 13.2 Å². The van der Waals surface area contributed by atoms with Gasteiger partial charge >= 0.3 is 0 Å². The number of primary amides is 1. The van der Waals surface area contributed by atoms with E-state index >= 15 is 0 Å². The Kier molecular flexibility index (Phi) is 4.15. The number of benzene rings is 2. The lowest BCUT2D eigenvalue weighted by Crippen LogP contribution is -2.10. The third-order valence-electron chi connectivity index (χ3n) is 2.75. The molecular weight excluding hydrogens is 242 g/mol. The molecule has 0 unspecified atom stereocenters. The second-order valence-corrected chi connectivity index (χ2v) is 4.15. The lowest BCUT2D eigenvalue weighted by atomic mass is 10.1. The van der Waals surface area contributed by atoms with Crippen molar-refractivity contribution >= 4 is 5.91 Å². The van der Waals surface area contributed by atoms with E-state index in [1.807, 2.05) is 36.4 Å². The third kappa shape index (κ3) is 3.56. The third-order valence-corrected chi connectivity index (χ3v) is 2.75. The molecule has 4 heteroatoms. The van der Waals surface area contributed by atoms with Crippen LogP contribution in [0.1, 0.15) is 21.5 Å². The number of carbonyl (C=O) groups excluding carboxylic acids is 1. The summed E-state index contributed by atoms with van der Waals surface area (Å²) < 4.78 is 5.59. The van der Waals surface area contributed by atoms with Gasteiger partial charge in [0.25, 0.3) is 0 Å². The van der Waals surface area contributed by atoms with Crippen LogP contribution in [0.2, 0.25) is 0 Å². The first-order valence-corrected chi connectivity index (χ1v) is 5.90. The largest absolute Gasteiger partial charge is 0.489 e. The van der Waals surface area contributed by atoms with Gasteiger partial charge in [0.05, 0.1) is 6.61 Å². The van der Waals surface area contributed by atoms with Crippen molar-refractivity contribution in [3.8, 4) is 5.75 Å². The summed E-state index contributed by atoms with van der Waals surface area (Å²) in [5.74, 6) is 0.295. The molecule has 3 N–H and O–H groups in total. The second kappa shape index (κ2) is 6.02. The smallest absolute Gasteiger partial charge is 0.248 e. The maximum Gasteiger partial charge on any atom is 0.248 e. The number of amides is 1. The predicted octanol–water partition coefficient (Wildman–Crippen LogP) is 1.86. The van der Waals surface area contributed by atoms with Gasteiger partial charge in [-0.2, -0.15) is 0 Å². The summed E-state index contributed by atoms with van der Waals surface area (Å²) in [4.78, 5) is 10.9. The van der Waals surface area contributed by atoms with Crippen LogP contribution in [0.15, 0.2) is 48.5 Å². The molecule has 0 aromatic heterocycles. The first-order chi connectivity index (χ1) is 9.19. The Hall–Kier alpha value is -2.33. The molecule has 0 saturated carbocycles. The van der Waals surface area contributed by atoms with Crippen molar-refractivity contribution in [1.29, 1.82) is 0 Å². The average Bonchev–Trinajstić information content (AvgIpc) is 2.46. The van der Waals surface area contributed by atoms with E-state index < -0.39 is 5.91 Å². The van der Waals surface area contributed by atoms with E-state index in [0.29, 0.717) is 12.2 Å². The molecule has 0 bridgehead atoms. The number of ether oxygens (including phenoxy) is 1. The topological polar surface area (TPSA) is 72.6 Å². The first-order valence-electron chi connectivity index (χ1n) is 5.90. The van der Waals surface area contributed by atoms with Crippen LogP contribution in [-0.4, -0.2) is 11.0 Å². The number of hydrogen-bond donors (Lipinski definition) is 2. The summed E-state index contributed by atoms with van der Waals surface area (Å²) in [6, 6.07) is 14.2. The molecule has 0 spiro atoms. The van der Waals surface area contributed by atoms with Gasteiger partial charge < -0.3 is 15.6 Å². The number of rotatable bonds is 5. The minimum Gasteiger partial charge on any atom is -0.489 e. The Balaban J connectivity index is 1.95. The molecule has 4 nitrogen and oxygen atoms in total. The number of aliphatic hydroxyl groups is 1. The zero-order chi connectivity index (χ0) is 13.7. The molecule has 19 heavy (non-hydrogen) atoms. The number of carbonyl (C=O) groups is 1. The molecule has 2 rings (SSSR count). The van der Waals surface area contributed by atoms with Crippen molar-refractivity contribution in [1.82, 2.24) is 0 Å². The summed E-state index contributed by atoms with van der Waals surface area (Å²) in [6.07, 6.45) is 0. The van der Waals surface area contributed by atoms with Crippen LogP contribution in [0.5, 0.6) is 5.75 Å². The van der Waals surface area contributed by atoms with Gasteiger partial charge in [0.2, 0.25) is 5.91 Å². The van der Waals surface area contributed by atoms with E-state index in [-0.39, 0.29) is 6.61 Å². The fraction of sp³-hybridized carbons (Fsp3) is 0.133. The molecule has 98 valence electrons. The lowest BCUT2D eigenvalue weighted by molar-refractivity contribution is 0.1000. The van der Waals surface area contributed by atoms with E-state index in [0.717, 1.165) is 16.9 Å². The normalized spacial score (nSPS) is 10.2. The van der Waals surface area contributed by atoms with Crippen molar-refractivity contribution in [2.75, 3.05) is 0 Å². The van der Waals surface area contributed by atoms with E-state index in [2.05, 4.69) is 0 Å². The highest BCUT2D eigenvalue weighted by Gasteiger charge is 2.00. The molecule has 0 aliphatic heterocycles. The van der Waals surface area contributed by atoms with Crippen LogP contribution in [0.3, 0.4) is 0 Å². The van der Waals surface area contributed by atoms with Crippen LogP contribution >= 0.6 is 0 Å². The highest BCUT2D eigenvalue weighted by molar-refractivity contribution is 5.92. The molecule has 1 amide bonds. The Bertz CT molecular complexity index is 547. The Morgan fingerprint density at radius 2 is 1.58 bits per heavy atom. The Labute approximate surface area is 111 Å². The fourth-order valence-corrected chi connectivity index (χ4v) is 1.62. The molecule has 2 aromatic rings. The molecule has 2 aromatic carbocycles. The van der Waals surface area contributed by atoms with Crippen LogP contribution in [0, 0.1) is 0 Å². The van der Waals surface area contributed by atoms with E-state index in [9.17, 15) is 4.79 Å². The summed E-state index contributed by atoms with van der Waals surface area (Å²) in [5.41, 5.74) is 7.45. The maximum absolute atomic E-state index is 10.9. The molecular formula is C15H15NO3. The van der Waals surface area contributed by atoms with Crippen molar-refractivity contribution in [3.63, 3.8) is 0 Å². The van der Waals surface area contributed by atoms with Crippen LogP contribution in [0.4, 0.5) is 0 Å². The summed E-state index contributed by atoms with van der Waals surface area (Å²) in [5, 5.41) is 8.93. The molecule has 0 fully saturated rings. The predicted molar refractivity (Wildman–Crippen MR) is 71.7 cm³/mol. The molecule has 0 aliphatic rings. The molecule has 0 saturated heterocycles. The maximum atomic E-state index is 10.9. The monoisotopic (exact) mass is 257 g/mol. The number of aliphatic hydroxyl groups excluding tert-OH is 1. The number of nitrogens with two attached hydrogens (primary N) is 1. The van der Waals surface area contributed by atoms with Gasteiger partial charge in [-0.1, -0.05) is 24.3 Å². The minimum absolute atomic E-state index is 0.0227. The average molecular weight is 257 g/mol. The number of hydrogen-bond acceptors (Lipinski definition) is 3. The van der Waals surface area contributed by atoms with Crippen LogP contribution in [0.25, 0.3) is 0 Å². The van der Waals surface area contributed by atoms with Gasteiger partial charge in [0, 0.05) is 5.56 Å². The summed E-state index contributed by atoms with van der Waals surface area (Å²) in [6.45, 7) is 0.437. The lowest BCUT2D eigenvalue weighted by Gasteiger charge is -2.07. The van der Waals surface area contributed by atoms with Gasteiger partial charge in [-0.3, -0.25) is 4.79 Å². The highest BCUT2D eigenvalue weighted by Crippen LogP contribution is 2.14. The van der Waals surface area contributed by atoms with Gasteiger partial charge in [0.15, 0.2) is 0 Å². The van der Waals surface area contributed by atoms with E-state index in [1.165, 1.54) is 0 Å². The van der Waals surface area contributed by atoms with Crippen molar-refractivity contribution in [3.05, 3.63) is 65.2 Å². The quantitative estimate of drug-likeness (QED) is 0.858. The van der Waals surface area contributed by atoms with E-state index in [1.54, 1.807) is 12.1 Å². The zero-order valence-electron chi connectivity index (χ0n) is 10.4. The molecule has 0 atom stereocenters. The SMILES string of the molecule is NC(=O)c1ccc(COc2ccc(CO)cc2)cc1. The van der Waals surface area contributed by atoms with Crippen molar-refractivity contribution in [2.45, 2.75) is 13.2 Å². The van der Waals surface area contributed by atoms with Crippen molar-refractivity contribution in [2.24, 2.45) is 5.73 Å². The summed E-state index contributed by atoms with van der Waals surface area (Å²) >= 11 is 0. The molecule has 0 aliphatic carbocycles. The van der Waals surface area contributed by atoms with Gasteiger partial charge in [-0.25, -0.2) is 0 Å². The fourth-order valence-electron chi connectivity index (χ4n) is 1.62. The highest BCUT2D eigenvalue weighted by atomic mass is 16.5. The Morgan fingerprint density at radius 3 is 2.11 bits per heavy atom. The van der Waals surface area contributed by atoms with Gasteiger partial charge in [-0.05, 0) is 35.4 Å². The second-order valence-electron chi connectivity index (χ2n) is 4.15. The van der Waals surface area contributed by atoms with Gasteiger partial charge in [0.1, 0.15) is 12.4 Å². The van der Waals surface area contributed by atoms with Gasteiger partial charge in [-0.15, -0.1) is 0 Å². The first kappa shape index (κ1) is 13.1. The minimum atomic E-state index is -0.438.